The number of aromatic amines is 1. The van der Waals surface area contributed by atoms with Crippen LogP contribution in [0.25, 0.3) is 33.2 Å². The van der Waals surface area contributed by atoms with Gasteiger partial charge in [-0.25, -0.2) is 0 Å². The van der Waals surface area contributed by atoms with E-state index in [1.54, 1.807) is 0 Å². The highest BCUT2D eigenvalue weighted by molar-refractivity contribution is 6.00. The van der Waals surface area contributed by atoms with Crippen molar-refractivity contribution >= 4 is 22.3 Å². The average Bonchev–Trinajstić information content (AvgIpc) is 3.35. The lowest BCUT2D eigenvalue weighted by atomic mass is 9.83. The maximum Gasteiger partial charge on any atom is 0.0472 e. The van der Waals surface area contributed by atoms with Gasteiger partial charge in [0.2, 0.25) is 0 Å². The number of aryl methyl sites for hydroxylation is 3. The van der Waals surface area contributed by atoms with E-state index in [2.05, 4.69) is 142 Å². The minimum absolute atomic E-state index is 0.849. The van der Waals surface area contributed by atoms with Gasteiger partial charge in [-0.1, -0.05) is 42.5 Å². The Morgan fingerprint density at radius 2 is 1.20 bits per heavy atom. The van der Waals surface area contributed by atoms with Crippen LogP contribution in [-0.4, -0.2) is 31.2 Å². The van der Waals surface area contributed by atoms with Gasteiger partial charge in [-0.15, -0.1) is 0 Å². The lowest BCUT2D eigenvalue weighted by Gasteiger charge is -2.25. The van der Waals surface area contributed by atoms with Gasteiger partial charge < -0.3 is 14.8 Å². The third-order valence-electron chi connectivity index (χ3n) is 8.53. The molecule has 1 radical (unpaired) electrons. The largest absolute Gasteiger partial charge is 0.372 e. The molecule has 0 unspecified atom stereocenters. The van der Waals surface area contributed by atoms with E-state index in [0.717, 1.165) is 43.8 Å². The molecule has 3 nitrogen and oxygen atoms in total. The summed E-state index contributed by atoms with van der Waals surface area (Å²) in [6.45, 7) is 19.6. The van der Waals surface area contributed by atoms with E-state index in [9.17, 15) is 0 Å². The molecule has 0 amide bonds. The molecule has 0 bridgehead atoms. The van der Waals surface area contributed by atoms with Crippen LogP contribution in [0.2, 0.25) is 0 Å². The van der Waals surface area contributed by atoms with E-state index < -0.39 is 0 Å². The van der Waals surface area contributed by atoms with Crippen LogP contribution in [0, 0.1) is 26.8 Å². The van der Waals surface area contributed by atoms with Crippen molar-refractivity contribution in [3.8, 4) is 22.3 Å². The van der Waals surface area contributed by atoms with Crippen molar-refractivity contribution in [1.29, 1.82) is 0 Å². The first-order valence-corrected chi connectivity index (χ1v) is 15.2. The first-order valence-electron chi connectivity index (χ1n) is 15.2. The van der Waals surface area contributed by atoms with E-state index in [1.165, 1.54) is 61.3 Å². The molecule has 0 aliphatic rings. The molecule has 0 atom stereocenters. The monoisotopic (exact) mass is 542 g/mol. The molecular formula is C38H44N3. The van der Waals surface area contributed by atoms with Crippen LogP contribution >= 0.6 is 0 Å². The minimum atomic E-state index is 0.849. The topological polar surface area (TPSA) is 22.3 Å². The minimum Gasteiger partial charge on any atom is -0.372 e. The number of hydrogen-bond donors (Lipinski definition) is 1. The molecule has 5 rings (SSSR count). The third-order valence-corrected chi connectivity index (χ3v) is 8.53. The van der Waals surface area contributed by atoms with Crippen molar-refractivity contribution in [1.82, 2.24) is 4.98 Å². The number of nitrogens with zero attached hydrogens (tertiary/aromatic N) is 2. The van der Waals surface area contributed by atoms with E-state index in [4.69, 9.17) is 0 Å². The smallest absolute Gasteiger partial charge is 0.0472 e. The van der Waals surface area contributed by atoms with Crippen LogP contribution in [0.5, 0.6) is 0 Å². The number of benzene rings is 4. The van der Waals surface area contributed by atoms with Crippen LogP contribution in [0.1, 0.15) is 55.6 Å². The molecule has 211 valence electrons. The molecule has 0 aliphatic carbocycles. The Bertz CT molecular complexity index is 1640. The Morgan fingerprint density at radius 3 is 1.73 bits per heavy atom. The Morgan fingerprint density at radius 1 is 0.634 bits per heavy atom. The summed E-state index contributed by atoms with van der Waals surface area (Å²) in [7, 11) is 0. The standard InChI is InChI=1S/C38H44N3/c1-8-40(9-2)30-17-19-32(26(5)21-30)36-25-37-34(23-28(7)39-37)35(24-29-15-13-12-14-16-29)38(36)33-20-18-31(22-27(33)6)41(10-3)11-4/h12-22,25,39H,8-11,24H2,1-7H3. The number of anilines is 2. The van der Waals surface area contributed by atoms with Gasteiger partial charge in [-0.2, -0.15) is 0 Å². The molecule has 0 saturated heterocycles. The van der Waals surface area contributed by atoms with Gasteiger partial charge in [0.25, 0.3) is 0 Å². The lowest BCUT2D eigenvalue weighted by Crippen LogP contribution is -2.21. The number of hydrogen-bond acceptors (Lipinski definition) is 2. The van der Waals surface area contributed by atoms with Crippen molar-refractivity contribution < 1.29 is 0 Å². The zero-order valence-electron chi connectivity index (χ0n) is 25.9. The second-order valence-electron chi connectivity index (χ2n) is 11.1. The van der Waals surface area contributed by atoms with Gasteiger partial charge >= 0.3 is 0 Å². The highest BCUT2D eigenvalue weighted by Crippen LogP contribution is 2.44. The fourth-order valence-corrected chi connectivity index (χ4v) is 6.35. The van der Waals surface area contributed by atoms with Crippen molar-refractivity contribution in [3.63, 3.8) is 0 Å². The summed E-state index contributed by atoms with van der Waals surface area (Å²) in [6, 6.07) is 30.9. The number of nitrogens with one attached hydrogen (secondary N) is 1. The van der Waals surface area contributed by atoms with Crippen LogP contribution in [0.3, 0.4) is 0 Å². The second-order valence-corrected chi connectivity index (χ2v) is 11.1. The van der Waals surface area contributed by atoms with Crippen molar-refractivity contribution in [3.05, 3.63) is 107 Å². The summed E-state index contributed by atoms with van der Waals surface area (Å²) in [4.78, 5) is 8.46. The van der Waals surface area contributed by atoms with Crippen LogP contribution in [-0.2, 0) is 6.42 Å². The third kappa shape index (κ3) is 5.63. The predicted octanol–water partition coefficient (Wildman–Crippen LogP) is 9.51. The average molecular weight is 543 g/mol. The summed E-state index contributed by atoms with van der Waals surface area (Å²) < 4.78 is 0. The quantitative estimate of drug-likeness (QED) is 0.190. The van der Waals surface area contributed by atoms with Crippen LogP contribution < -0.4 is 9.80 Å². The SMILES string of the molecule is CCN(CC)c1ccc(-c2cc3[nH]c(C)[c]c3c(Cc3ccccc3)c2-c2ccc(N(CC)CC)cc2C)c(C)c1. The molecule has 0 spiro atoms. The predicted molar refractivity (Wildman–Crippen MR) is 179 cm³/mol. The second kappa shape index (κ2) is 12.3. The zero-order valence-corrected chi connectivity index (χ0v) is 25.9. The van der Waals surface area contributed by atoms with E-state index in [-0.39, 0.29) is 0 Å². The molecule has 41 heavy (non-hydrogen) atoms. The normalized spacial score (nSPS) is 11.3. The van der Waals surface area contributed by atoms with Crippen molar-refractivity contribution in [2.24, 2.45) is 0 Å². The van der Waals surface area contributed by atoms with Crippen LogP contribution in [0.15, 0.2) is 72.8 Å². The first kappa shape index (κ1) is 28.5. The lowest BCUT2D eigenvalue weighted by molar-refractivity contribution is 0.865. The Kier molecular flexibility index (Phi) is 8.54. The number of H-pyrrole nitrogens is 1. The van der Waals surface area contributed by atoms with E-state index >= 15 is 0 Å². The van der Waals surface area contributed by atoms with Gasteiger partial charge in [0.15, 0.2) is 0 Å². The molecule has 1 heterocycles. The maximum absolute atomic E-state index is 3.69. The molecule has 0 fully saturated rings. The highest BCUT2D eigenvalue weighted by Gasteiger charge is 2.21. The van der Waals surface area contributed by atoms with E-state index in [1.807, 2.05) is 0 Å². The van der Waals surface area contributed by atoms with Gasteiger partial charge in [0, 0.05) is 60.2 Å². The fourth-order valence-electron chi connectivity index (χ4n) is 6.35. The van der Waals surface area contributed by atoms with Gasteiger partial charge in [0.05, 0.1) is 0 Å². The Balaban J connectivity index is 1.81. The molecule has 1 aromatic heterocycles. The maximum atomic E-state index is 3.69. The molecule has 0 saturated carbocycles. The van der Waals surface area contributed by atoms with Crippen LogP contribution in [0.4, 0.5) is 11.4 Å². The molecule has 4 aromatic carbocycles. The van der Waals surface area contributed by atoms with Crippen molar-refractivity contribution in [2.45, 2.75) is 54.9 Å². The molecule has 5 aromatic rings. The summed E-state index contributed by atoms with van der Waals surface area (Å²) in [6.07, 6.45) is 0.849. The van der Waals surface area contributed by atoms with Gasteiger partial charge in [0.1, 0.15) is 0 Å². The summed E-state index contributed by atoms with van der Waals surface area (Å²) in [5, 5.41) is 1.19. The summed E-state index contributed by atoms with van der Waals surface area (Å²) >= 11 is 0. The van der Waals surface area contributed by atoms with Crippen molar-refractivity contribution in [2.75, 3.05) is 36.0 Å². The Labute approximate surface area is 246 Å². The molecular weight excluding hydrogens is 498 g/mol. The van der Waals surface area contributed by atoms with E-state index in [0.29, 0.717) is 0 Å². The number of aromatic nitrogens is 1. The molecule has 0 aliphatic heterocycles. The summed E-state index contributed by atoms with van der Waals surface area (Å²) in [5.41, 5.74) is 15.2. The number of rotatable bonds is 10. The first-order chi connectivity index (χ1) is 19.9. The zero-order chi connectivity index (χ0) is 29.1. The molecule has 3 heteroatoms. The fraction of sp³-hybridized carbons (Fsp3) is 0.316. The highest BCUT2D eigenvalue weighted by atomic mass is 15.1. The molecule has 1 N–H and O–H groups in total. The Hall–Kier alpha value is -3.98. The summed E-state index contributed by atoms with van der Waals surface area (Å²) in [5.74, 6) is 0. The number of fused-ring (bicyclic) bond motifs is 1. The van der Waals surface area contributed by atoms with Gasteiger partial charge in [-0.05, 0) is 130 Å². The van der Waals surface area contributed by atoms with Gasteiger partial charge in [-0.3, -0.25) is 0 Å².